The second-order valence-corrected chi connectivity index (χ2v) is 5.19. The summed E-state index contributed by atoms with van der Waals surface area (Å²) in [7, 11) is 1.86. The quantitative estimate of drug-likeness (QED) is 0.910. The van der Waals surface area contributed by atoms with E-state index in [1.165, 1.54) is 4.90 Å². The van der Waals surface area contributed by atoms with Gasteiger partial charge in [0.05, 0.1) is 11.4 Å². The molecule has 0 atom stereocenters. The Morgan fingerprint density at radius 1 is 1.23 bits per heavy atom. The van der Waals surface area contributed by atoms with E-state index in [4.69, 9.17) is 0 Å². The van der Waals surface area contributed by atoms with E-state index in [9.17, 15) is 9.59 Å². The molecule has 5 heteroatoms. The van der Waals surface area contributed by atoms with Crippen molar-refractivity contribution in [2.24, 2.45) is 0 Å². The van der Waals surface area contributed by atoms with Crippen LogP contribution >= 0.6 is 0 Å². The van der Waals surface area contributed by atoms with Crippen molar-refractivity contribution in [2.45, 2.75) is 6.54 Å². The molecule has 112 valence electrons. The Morgan fingerprint density at radius 3 is 2.86 bits per heavy atom. The number of carbonyl (C=O) groups is 2. The van der Waals surface area contributed by atoms with Gasteiger partial charge >= 0.3 is 0 Å². The predicted octanol–water partition coefficient (Wildman–Crippen LogP) is 2.00. The van der Waals surface area contributed by atoms with Crippen molar-refractivity contribution in [2.75, 3.05) is 23.8 Å². The van der Waals surface area contributed by atoms with Gasteiger partial charge in [-0.15, -0.1) is 0 Å². The zero-order valence-corrected chi connectivity index (χ0v) is 12.3. The minimum atomic E-state index is -0.182. The molecule has 1 heterocycles. The van der Waals surface area contributed by atoms with Crippen molar-refractivity contribution in [3.05, 3.63) is 59.7 Å². The maximum absolute atomic E-state index is 12.8. The van der Waals surface area contributed by atoms with Gasteiger partial charge in [-0.2, -0.15) is 0 Å². The number of rotatable bonds is 3. The summed E-state index contributed by atoms with van der Waals surface area (Å²) in [6, 6.07) is 14.8. The van der Waals surface area contributed by atoms with Crippen LogP contribution in [0.4, 0.5) is 11.4 Å². The van der Waals surface area contributed by atoms with Crippen molar-refractivity contribution >= 4 is 23.2 Å². The first-order chi connectivity index (χ1) is 10.7. The second-order valence-electron chi connectivity index (χ2n) is 5.19. The third-order valence-corrected chi connectivity index (χ3v) is 3.57. The highest BCUT2D eigenvalue weighted by atomic mass is 16.2. The summed E-state index contributed by atoms with van der Waals surface area (Å²) in [4.78, 5) is 26.1. The van der Waals surface area contributed by atoms with E-state index in [1.807, 2.05) is 43.4 Å². The smallest absolute Gasteiger partial charge is 0.258 e. The first-order valence-electron chi connectivity index (χ1n) is 7.13. The molecule has 0 saturated carbocycles. The number of hydrogen-bond acceptors (Lipinski definition) is 3. The van der Waals surface area contributed by atoms with Gasteiger partial charge in [0, 0.05) is 12.1 Å². The van der Waals surface area contributed by atoms with Crippen LogP contribution in [0.25, 0.3) is 0 Å². The molecule has 2 amide bonds. The van der Waals surface area contributed by atoms with Gasteiger partial charge in [0.2, 0.25) is 5.91 Å². The molecule has 5 nitrogen and oxygen atoms in total. The third-order valence-electron chi connectivity index (χ3n) is 3.57. The zero-order valence-electron chi connectivity index (χ0n) is 12.3. The molecular formula is C17H17N3O2. The van der Waals surface area contributed by atoms with Crippen LogP contribution in [-0.4, -0.2) is 25.4 Å². The van der Waals surface area contributed by atoms with Crippen molar-refractivity contribution in [3.8, 4) is 0 Å². The Bertz CT molecular complexity index is 727. The SMILES string of the molecule is CNCc1cccc(C(=O)N2CC(=O)Nc3ccccc32)c1. The Morgan fingerprint density at radius 2 is 2.05 bits per heavy atom. The number of anilines is 2. The molecule has 0 unspecified atom stereocenters. The summed E-state index contributed by atoms with van der Waals surface area (Å²) >= 11 is 0. The Balaban J connectivity index is 1.95. The first-order valence-corrected chi connectivity index (χ1v) is 7.13. The summed E-state index contributed by atoms with van der Waals surface area (Å²) in [5.41, 5.74) is 3.00. The Labute approximate surface area is 128 Å². The van der Waals surface area contributed by atoms with Crippen molar-refractivity contribution in [3.63, 3.8) is 0 Å². The highest BCUT2D eigenvalue weighted by Crippen LogP contribution is 2.30. The molecule has 2 aromatic rings. The standard InChI is InChI=1S/C17H17N3O2/c1-18-10-12-5-4-6-13(9-12)17(22)20-11-16(21)19-14-7-2-3-8-15(14)20/h2-9,18H,10-11H2,1H3,(H,19,21). The fourth-order valence-corrected chi connectivity index (χ4v) is 2.59. The molecule has 0 fully saturated rings. The lowest BCUT2D eigenvalue weighted by Crippen LogP contribution is -2.42. The highest BCUT2D eigenvalue weighted by Gasteiger charge is 2.27. The molecule has 0 aromatic heterocycles. The summed E-state index contributed by atoms with van der Waals surface area (Å²) in [6.07, 6.45) is 0. The van der Waals surface area contributed by atoms with E-state index in [1.54, 1.807) is 12.1 Å². The monoisotopic (exact) mass is 295 g/mol. The van der Waals surface area contributed by atoms with Gasteiger partial charge in [-0.3, -0.25) is 14.5 Å². The Hall–Kier alpha value is -2.66. The molecule has 2 aromatic carbocycles. The van der Waals surface area contributed by atoms with E-state index in [0.29, 0.717) is 17.8 Å². The average Bonchev–Trinajstić information content (AvgIpc) is 2.54. The summed E-state index contributed by atoms with van der Waals surface area (Å²) in [6.45, 7) is 0.726. The van der Waals surface area contributed by atoms with Gasteiger partial charge in [0.1, 0.15) is 6.54 Å². The van der Waals surface area contributed by atoms with E-state index >= 15 is 0 Å². The fraction of sp³-hybridized carbons (Fsp3) is 0.176. The zero-order chi connectivity index (χ0) is 15.5. The second kappa shape index (κ2) is 5.99. The molecule has 0 bridgehead atoms. The van der Waals surface area contributed by atoms with Crippen LogP contribution in [-0.2, 0) is 11.3 Å². The number of carbonyl (C=O) groups excluding carboxylic acids is 2. The number of para-hydroxylation sites is 2. The predicted molar refractivity (Wildman–Crippen MR) is 86.0 cm³/mol. The van der Waals surface area contributed by atoms with Crippen molar-refractivity contribution in [1.29, 1.82) is 0 Å². The third kappa shape index (κ3) is 2.71. The summed E-state index contributed by atoms with van der Waals surface area (Å²) < 4.78 is 0. The number of hydrogen-bond donors (Lipinski definition) is 2. The van der Waals surface area contributed by atoms with Crippen LogP contribution in [0.2, 0.25) is 0 Å². The summed E-state index contributed by atoms with van der Waals surface area (Å²) in [5.74, 6) is -0.348. The van der Waals surface area contributed by atoms with E-state index < -0.39 is 0 Å². The average molecular weight is 295 g/mol. The number of nitrogens with zero attached hydrogens (tertiary/aromatic N) is 1. The van der Waals surface area contributed by atoms with Crippen LogP contribution in [0.1, 0.15) is 15.9 Å². The van der Waals surface area contributed by atoms with Crippen molar-refractivity contribution < 1.29 is 9.59 Å². The van der Waals surface area contributed by atoms with Gasteiger partial charge in [0.25, 0.3) is 5.91 Å². The minimum absolute atomic E-state index is 0.0338. The number of amides is 2. The maximum Gasteiger partial charge on any atom is 0.258 e. The lowest BCUT2D eigenvalue weighted by molar-refractivity contribution is -0.115. The largest absolute Gasteiger partial charge is 0.323 e. The fourth-order valence-electron chi connectivity index (χ4n) is 2.59. The molecule has 3 rings (SSSR count). The van der Waals surface area contributed by atoms with E-state index in [2.05, 4.69) is 10.6 Å². The summed E-state index contributed by atoms with van der Waals surface area (Å²) in [5, 5.41) is 5.85. The molecule has 0 spiro atoms. The van der Waals surface area contributed by atoms with Crippen LogP contribution in [0.3, 0.4) is 0 Å². The molecular weight excluding hydrogens is 278 g/mol. The van der Waals surface area contributed by atoms with Crippen LogP contribution in [0.15, 0.2) is 48.5 Å². The maximum atomic E-state index is 12.8. The van der Waals surface area contributed by atoms with Crippen LogP contribution in [0, 0.1) is 0 Å². The van der Waals surface area contributed by atoms with Crippen molar-refractivity contribution in [1.82, 2.24) is 5.32 Å². The minimum Gasteiger partial charge on any atom is -0.323 e. The number of nitrogens with one attached hydrogen (secondary N) is 2. The normalized spacial score (nSPS) is 13.5. The van der Waals surface area contributed by atoms with Gasteiger partial charge in [-0.05, 0) is 36.9 Å². The molecule has 1 aliphatic heterocycles. The lowest BCUT2D eigenvalue weighted by Gasteiger charge is -2.29. The van der Waals surface area contributed by atoms with Gasteiger partial charge < -0.3 is 10.6 Å². The first kappa shape index (κ1) is 14.3. The Kier molecular flexibility index (Phi) is 3.89. The van der Waals surface area contributed by atoms with Gasteiger partial charge in [0.15, 0.2) is 0 Å². The molecule has 0 saturated heterocycles. The molecule has 0 aliphatic carbocycles. The van der Waals surface area contributed by atoms with E-state index in [-0.39, 0.29) is 18.4 Å². The topological polar surface area (TPSA) is 61.4 Å². The molecule has 1 aliphatic rings. The van der Waals surface area contributed by atoms with E-state index in [0.717, 1.165) is 11.3 Å². The number of benzene rings is 2. The van der Waals surface area contributed by atoms with Crippen LogP contribution in [0.5, 0.6) is 0 Å². The molecule has 2 N–H and O–H groups in total. The number of fused-ring (bicyclic) bond motifs is 1. The molecule has 0 radical (unpaired) electrons. The lowest BCUT2D eigenvalue weighted by atomic mass is 10.1. The van der Waals surface area contributed by atoms with Gasteiger partial charge in [-0.25, -0.2) is 0 Å². The van der Waals surface area contributed by atoms with Gasteiger partial charge in [-0.1, -0.05) is 24.3 Å². The van der Waals surface area contributed by atoms with Crippen LogP contribution < -0.4 is 15.5 Å². The highest BCUT2D eigenvalue weighted by molar-refractivity contribution is 6.15. The molecule has 22 heavy (non-hydrogen) atoms.